The molecule has 0 aliphatic heterocycles. The summed E-state index contributed by atoms with van der Waals surface area (Å²) in [6.07, 6.45) is 10.4. The molecule has 0 saturated heterocycles. The number of hydrogen-bond acceptors (Lipinski definition) is 2. The molecule has 1 aliphatic rings. The van der Waals surface area contributed by atoms with E-state index in [1.54, 1.807) is 0 Å². The molecule has 0 heterocycles. The lowest BCUT2D eigenvalue weighted by Gasteiger charge is -2.13. The quantitative estimate of drug-likeness (QED) is 0.488. The highest BCUT2D eigenvalue weighted by molar-refractivity contribution is 4.90. The van der Waals surface area contributed by atoms with E-state index in [0.717, 1.165) is 12.8 Å². The van der Waals surface area contributed by atoms with E-state index >= 15 is 0 Å². The first-order chi connectivity index (χ1) is 5.43. The van der Waals surface area contributed by atoms with E-state index in [0.29, 0.717) is 0 Å². The Morgan fingerprint density at radius 2 is 2.27 bits per heavy atom. The maximum Gasteiger partial charge on any atom is 0.144 e. The van der Waals surface area contributed by atoms with Gasteiger partial charge in [-0.1, -0.05) is 25.0 Å². The van der Waals surface area contributed by atoms with E-state index in [9.17, 15) is 0 Å². The molecule has 0 radical (unpaired) electrons. The first-order valence-corrected chi connectivity index (χ1v) is 4.32. The molecule has 1 atom stereocenters. The maximum absolute atomic E-state index is 8.52. The van der Waals surface area contributed by atoms with Crippen molar-refractivity contribution in [2.75, 3.05) is 6.79 Å². The van der Waals surface area contributed by atoms with Gasteiger partial charge in [0.2, 0.25) is 0 Å². The average molecular weight is 156 g/mol. The Hall–Kier alpha value is -0.340. The van der Waals surface area contributed by atoms with Crippen LogP contribution in [0.1, 0.15) is 32.1 Å². The Labute approximate surface area is 67.9 Å². The molecule has 0 bridgehead atoms. The summed E-state index contributed by atoms with van der Waals surface area (Å²) in [4.78, 5) is 0. The second-order valence-corrected chi connectivity index (χ2v) is 2.90. The summed E-state index contributed by atoms with van der Waals surface area (Å²) >= 11 is 0. The Bertz CT molecular complexity index is 121. The zero-order valence-corrected chi connectivity index (χ0v) is 6.83. The minimum Gasteiger partial charge on any atom is -0.371 e. The van der Waals surface area contributed by atoms with Crippen LogP contribution in [0, 0.1) is 0 Å². The Morgan fingerprint density at radius 1 is 1.36 bits per heavy atom. The smallest absolute Gasteiger partial charge is 0.144 e. The van der Waals surface area contributed by atoms with Crippen molar-refractivity contribution in [2.24, 2.45) is 0 Å². The monoisotopic (exact) mass is 156 g/mol. The molecule has 0 aromatic carbocycles. The molecule has 1 N–H and O–H groups in total. The van der Waals surface area contributed by atoms with E-state index < -0.39 is 0 Å². The fourth-order valence-corrected chi connectivity index (χ4v) is 1.36. The van der Waals surface area contributed by atoms with E-state index in [1.807, 2.05) is 0 Å². The van der Waals surface area contributed by atoms with Gasteiger partial charge in [-0.25, -0.2) is 0 Å². The third-order valence-electron chi connectivity index (χ3n) is 2.00. The van der Waals surface area contributed by atoms with Crippen LogP contribution in [0.5, 0.6) is 0 Å². The summed E-state index contributed by atoms with van der Waals surface area (Å²) in [5, 5.41) is 8.52. The molecule has 0 aromatic heterocycles. The van der Waals surface area contributed by atoms with Crippen LogP contribution in [0.4, 0.5) is 0 Å². The highest BCUT2D eigenvalue weighted by Gasteiger charge is 2.05. The average Bonchev–Trinajstić information content (AvgIpc) is 1.94. The number of rotatable bonds is 2. The topological polar surface area (TPSA) is 29.5 Å². The van der Waals surface area contributed by atoms with Crippen molar-refractivity contribution in [3.05, 3.63) is 12.2 Å². The molecule has 1 unspecified atom stereocenters. The van der Waals surface area contributed by atoms with Crippen molar-refractivity contribution in [2.45, 2.75) is 38.2 Å². The van der Waals surface area contributed by atoms with Crippen molar-refractivity contribution < 1.29 is 9.84 Å². The second-order valence-electron chi connectivity index (χ2n) is 2.90. The Kier molecular flexibility index (Phi) is 4.24. The van der Waals surface area contributed by atoms with Gasteiger partial charge in [-0.15, -0.1) is 0 Å². The first kappa shape index (κ1) is 8.75. The van der Waals surface area contributed by atoms with Crippen molar-refractivity contribution in [1.29, 1.82) is 0 Å². The molecule has 2 heteroatoms. The van der Waals surface area contributed by atoms with Crippen molar-refractivity contribution in [1.82, 2.24) is 0 Å². The molecule has 0 aromatic rings. The minimum absolute atomic E-state index is 0.153. The van der Waals surface area contributed by atoms with Gasteiger partial charge in [-0.3, -0.25) is 0 Å². The van der Waals surface area contributed by atoms with Crippen LogP contribution in [-0.2, 0) is 4.74 Å². The third kappa shape index (κ3) is 3.54. The van der Waals surface area contributed by atoms with Gasteiger partial charge in [0.15, 0.2) is 0 Å². The van der Waals surface area contributed by atoms with Crippen LogP contribution in [0.2, 0.25) is 0 Å². The molecule has 0 spiro atoms. The summed E-state index contributed by atoms with van der Waals surface area (Å²) in [6, 6.07) is 0. The van der Waals surface area contributed by atoms with Crippen LogP contribution >= 0.6 is 0 Å². The van der Waals surface area contributed by atoms with Crippen molar-refractivity contribution in [3.8, 4) is 0 Å². The van der Waals surface area contributed by atoms with Gasteiger partial charge in [0.25, 0.3) is 0 Å². The Morgan fingerprint density at radius 3 is 3.09 bits per heavy atom. The zero-order valence-electron chi connectivity index (χ0n) is 6.83. The maximum atomic E-state index is 8.52. The molecule has 2 nitrogen and oxygen atoms in total. The summed E-state index contributed by atoms with van der Waals surface area (Å²) in [5.41, 5.74) is 0. The van der Waals surface area contributed by atoms with Crippen molar-refractivity contribution in [3.63, 3.8) is 0 Å². The van der Waals surface area contributed by atoms with Gasteiger partial charge in [-0.2, -0.15) is 0 Å². The molecule has 11 heavy (non-hydrogen) atoms. The molecule has 0 saturated carbocycles. The van der Waals surface area contributed by atoms with Crippen molar-refractivity contribution >= 4 is 0 Å². The molecule has 0 fully saturated rings. The molecule has 1 aliphatic carbocycles. The lowest BCUT2D eigenvalue weighted by atomic mass is 10.0. The van der Waals surface area contributed by atoms with Gasteiger partial charge in [0.1, 0.15) is 6.79 Å². The van der Waals surface area contributed by atoms with Crippen LogP contribution in [-0.4, -0.2) is 18.0 Å². The molecule has 64 valence electrons. The van der Waals surface area contributed by atoms with Crippen LogP contribution in [0.25, 0.3) is 0 Å². The van der Waals surface area contributed by atoms with Crippen LogP contribution in [0.3, 0.4) is 0 Å². The summed E-state index contributed by atoms with van der Waals surface area (Å²) in [7, 11) is 0. The minimum atomic E-state index is -0.158. The summed E-state index contributed by atoms with van der Waals surface area (Å²) < 4.78 is 5.09. The third-order valence-corrected chi connectivity index (χ3v) is 2.00. The SMILES string of the molecule is OCOC1/C=C/CCCCC1. The van der Waals surface area contributed by atoms with E-state index in [1.165, 1.54) is 19.3 Å². The second kappa shape index (κ2) is 5.33. The fourth-order valence-electron chi connectivity index (χ4n) is 1.36. The van der Waals surface area contributed by atoms with E-state index in [4.69, 9.17) is 9.84 Å². The summed E-state index contributed by atoms with van der Waals surface area (Å²) in [5.74, 6) is 0. The number of allylic oxidation sites excluding steroid dienone is 1. The lowest BCUT2D eigenvalue weighted by Crippen LogP contribution is -2.11. The largest absolute Gasteiger partial charge is 0.371 e. The Balaban J connectivity index is 2.29. The van der Waals surface area contributed by atoms with E-state index in [-0.39, 0.29) is 12.9 Å². The fraction of sp³-hybridized carbons (Fsp3) is 0.778. The predicted molar refractivity (Wildman–Crippen MR) is 44.2 cm³/mol. The van der Waals surface area contributed by atoms with Crippen LogP contribution in [0.15, 0.2) is 12.2 Å². The molecule has 1 rings (SSSR count). The number of aliphatic hydroxyl groups excluding tert-OH is 1. The number of hydrogen-bond donors (Lipinski definition) is 1. The number of aliphatic hydroxyl groups is 1. The molecule has 0 amide bonds. The van der Waals surface area contributed by atoms with E-state index in [2.05, 4.69) is 12.2 Å². The van der Waals surface area contributed by atoms with Gasteiger partial charge < -0.3 is 9.84 Å². The summed E-state index contributed by atoms with van der Waals surface area (Å²) in [6.45, 7) is -0.158. The number of ether oxygens (including phenoxy) is 1. The first-order valence-electron chi connectivity index (χ1n) is 4.32. The molecular formula is C9H16O2. The van der Waals surface area contributed by atoms with Gasteiger partial charge in [-0.05, 0) is 19.3 Å². The van der Waals surface area contributed by atoms with Gasteiger partial charge in [0, 0.05) is 0 Å². The van der Waals surface area contributed by atoms with Crippen LogP contribution < -0.4 is 0 Å². The highest BCUT2D eigenvalue weighted by atomic mass is 16.6. The molecular weight excluding hydrogens is 140 g/mol. The lowest BCUT2D eigenvalue weighted by molar-refractivity contribution is -0.0345. The van der Waals surface area contributed by atoms with Gasteiger partial charge in [0.05, 0.1) is 6.10 Å². The zero-order chi connectivity index (χ0) is 7.94. The van der Waals surface area contributed by atoms with Gasteiger partial charge >= 0.3 is 0 Å². The standard InChI is InChI=1S/C9H16O2/c10-8-11-9-6-4-2-1-3-5-7-9/h4,6,9-10H,1-3,5,7-8H2/b6-4+. The normalized spacial score (nSPS) is 29.0. The highest BCUT2D eigenvalue weighted by Crippen LogP contribution is 2.13. The predicted octanol–water partition coefficient (Wildman–Crippen LogP) is 1.84.